The topological polar surface area (TPSA) is 50.3 Å². The van der Waals surface area contributed by atoms with Crippen LogP contribution in [0.15, 0.2) is 53.6 Å². The minimum absolute atomic E-state index is 0.230. The summed E-state index contributed by atoms with van der Waals surface area (Å²) in [5.74, 6) is 0.285. The molecule has 0 radical (unpaired) electrons. The maximum absolute atomic E-state index is 12.5. The summed E-state index contributed by atoms with van der Waals surface area (Å²) in [7, 11) is -2.00. The number of hydrogen-bond donors (Lipinski definition) is 0. The molecule has 1 aromatic carbocycles. The van der Waals surface area contributed by atoms with Crippen molar-refractivity contribution in [3.8, 4) is 0 Å². The van der Waals surface area contributed by atoms with Gasteiger partial charge in [-0.2, -0.15) is 4.31 Å². The third-order valence-corrected chi connectivity index (χ3v) is 4.98. The molecular weight excluding hydrogens is 296 g/mol. The van der Waals surface area contributed by atoms with Gasteiger partial charge in [0.2, 0.25) is 10.0 Å². The Morgan fingerprint density at radius 2 is 2.00 bits per heavy atom. The van der Waals surface area contributed by atoms with E-state index in [1.807, 2.05) is 6.07 Å². The normalized spacial score (nSPS) is 11.8. The van der Waals surface area contributed by atoms with Gasteiger partial charge in [-0.1, -0.05) is 18.2 Å². The van der Waals surface area contributed by atoms with E-state index < -0.39 is 10.0 Å². The zero-order valence-electron chi connectivity index (χ0n) is 11.0. The highest BCUT2D eigenvalue weighted by molar-refractivity contribution is 7.89. The third-order valence-electron chi connectivity index (χ3n) is 2.87. The molecule has 0 aliphatic rings. The van der Waals surface area contributed by atoms with Crippen molar-refractivity contribution < 1.29 is 8.42 Å². The molecular formula is C14H15ClN2O2S. The first-order valence-corrected chi connectivity index (χ1v) is 8.02. The van der Waals surface area contributed by atoms with Crippen LogP contribution in [0.4, 0.5) is 0 Å². The molecule has 2 aromatic rings. The number of rotatable bonds is 5. The average molecular weight is 311 g/mol. The molecule has 1 heterocycles. The summed E-state index contributed by atoms with van der Waals surface area (Å²) in [5, 5.41) is 0. The van der Waals surface area contributed by atoms with Crippen LogP contribution in [0.2, 0.25) is 0 Å². The van der Waals surface area contributed by atoms with Gasteiger partial charge in [0.15, 0.2) is 0 Å². The molecule has 0 saturated carbocycles. The van der Waals surface area contributed by atoms with E-state index in [2.05, 4.69) is 4.98 Å². The summed E-state index contributed by atoms with van der Waals surface area (Å²) in [6, 6.07) is 12.1. The summed E-state index contributed by atoms with van der Waals surface area (Å²) in [4.78, 5) is 4.38. The van der Waals surface area contributed by atoms with E-state index in [4.69, 9.17) is 11.6 Å². The summed E-state index contributed by atoms with van der Waals surface area (Å²) in [6.45, 7) is 0.230. The van der Waals surface area contributed by atoms with Crippen LogP contribution in [0.5, 0.6) is 0 Å². The molecule has 6 heteroatoms. The van der Waals surface area contributed by atoms with Gasteiger partial charge in [-0.05, 0) is 29.8 Å². The summed E-state index contributed by atoms with van der Waals surface area (Å²) >= 11 is 5.74. The molecule has 0 atom stereocenters. The molecule has 0 saturated heterocycles. The van der Waals surface area contributed by atoms with Gasteiger partial charge in [0.25, 0.3) is 0 Å². The maximum Gasteiger partial charge on any atom is 0.243 e. The fourth-order valence-corrected chi connectivity index (χ4v) is 3.15. The third kappa shape index (κ3) is 3.36. The Bertz CT molecular complexity index is 675. The number of benzene rings is 1. The Labute approximate surface area is 124 Å². The number of pyridine rings is 1. The lowest BCUT2D eigenvalue weighted by molar-refractivity contribution is 0.462. The van der Waals surface area contributed by atoms with Crippen molar-refractivity contribution in [3.63, 3.8) is 0 Å². The highest BCUT2D eigenvalue weighted by Gasteiger charge is 2.21. The van der Waals surface area contributed by atoms with E-state index in [-0.39, 0.29) is 17.3 Å². The standard InChI is InChI=1S/C14H15ClN2O2S/c1-17(11-13-6-2-3-8-16-13)20(18,19)14-7-4-5-12(9-14)10-15/h2-9H,10-11H2,1H3. The maximum atomic E-state index is 12.5. The molecule has 20 heavy (non-hydrogen) atoms. The molecule has 0 fully saturated rings. The Kier molecular flexibility index (Phi) is 4.75. The summed E-state index contributed by atoms with van der Waals surface area (Å²) in [5.41, 5.74) is 1.48. The van der Waals surface area contributed by atoms with Gasteiger partial charge >= 0.3 is 0 Å². The van der Waals surface area contributed by atoms with Crippen LogP contribution in [0.3, 0.4) is 0 Å². The highest BCUT2D eigenvalue weighted by atomic mass is 35.5. The fraction of sp³-hybridized carbons (Fsp3) is 0.214. The molecule has 1 aromatic heterocycles. The van der Waals surface area contributed by atoms with E-state index in [9.17, 15) is 8.42 Å². The highest BCUT2D eigenvalue weighted by Crippen LogP contribution is 2.18. The predicted octanol–water partition coefficient (Wildman–Crippen LogP) is 2.64. The number of sulfonamides is 1. The smallest absolute Gasteiger partial charge is 0.243 e. The second-order valence-corrected chi connectivity index (χ2v) is 6.68. The Balaban J connectivity index is 2.25. The van der Waals surface area contributed by atoms with Crippen LogP contribution in [-0.2, 0) is 22.4 Å². The van der Waals surface area contributed by atoms with Crippen LogP contribution >= 0.6 is 11.6 Å². The van der Waals surface area contributed by atoms with Gasteiger partial charge in [-0.3, -0.25) is 4.98 Å². The van der Waals surface area contributed by atoms with Crippen molar-refractivity contribution in [2.75, 3.05) is 7.05 Å². The number of halogens is 1. The van der Waals surface area contributed by atoms with Gasteiger partial charge in [-0.25, -0.2) is 8.42 Å². The SMILES string of the molecule is CN(Cc1ccccn1)S(=O)(=O)c1cccc(CCl)c1. The van der Waals surface area contributed by atoms with E-state index in [0.717, 1.165) is 5.56 Å². The lowest BCUT2D eigenvalue weighted by Crippen LogP contribution is -2.26. The van der Waals surface area contributed by atoms with Crippen molar-refractivity contribution in [3.05, 3.63) is 59.9 Å². The number of hydrogen-bond acceptors (Lipinski definition) is 3. The van der Waals surface area contributed by atoms with Gasteiger partial charge in [0.1, 0.15) is 0 Å². The fourth-order valence-electron chi connectivity index (χ4n) is 1.77. The Morgan fingerprint density at radius 3 is 2.65 bits per heavy atom. The minimum Gasteiger partial charge on any atom is -0.260 e. The van der Waals surface area contributed by atoms with Crippen molar-refractivity contribution in [2.45, 2.75) is 17.3 Å². The number of nitrogens with zero attached hydrogens (tertiary/aromatic N) is 2. The Morgan fingerprint density at radius 1 is 1.20 bits per heavy atom. The van der Waals surface area contributed by atoms with Crippen molar-refractivity contribution in [1.82, 2.24) is 9.29 Å². The number of alkyl halides is 1. The van der Waals surface area contributed by atoms with Crippen molar-refractivity contribution in [2.24, 2.45) is 0 Å². The molecule has 0 amide bonds. The quantitative estimate of drug-likeness (QED) is 0.798. The van der Waals surface area contributed by atoms with Crippen LogP contribution in [0.25, 0.3) is 0 Å². The van der Waals surface area contributed by atoms with E-state index in [0.29, 0.717) is 5.69 Å². The van der Waals surface area contributed by atoms with Gasteiger partial charge in [0, 0.05) is 19.1 Å². The van der Waals surface area contributed by atoms with Crippen LogP contribution in [0.1, 0.15) is 11.3 Å². The van der Waals surface area contributed by atoms with E-state index >= 15 is 0 Å². The first kappa shape index (κ1) is 15.0. The largest absolute Gasteiger partial charge is 0.260 e. The zero-order valence-corrected chi connectivity index (χ0v) is 12.6. The molecule has 0 N–H and O–H groups in total. The van der Waals surface area contributed by atoms with Gasteiger partial charge < -0.3 is 0 Å². The van der Waals surface area contributed by atoms with Gasteiger partial charge in [0.05, 0.1) is 17.1 Å². The molecule has 2 rings (SSSR count). The second-order valence-electron chi connectivity index (χ2n) is 4.36. The molecule has 0 aliphatic carbocycles. The van der Waals surface area contributed by atoms with Crippen LogP contribution < -0.4 is 0 Å². The summed E-state index contributed by atoms with van der Waals surface area (Å²) in [6.07, 6.45) is 1.64. The van der Waals surface area contributed by atoms with Crippen LogP contribution in [-0.4, -0.2) is 24.8 Å². The first-order valence-electron chi connectivity index (χ1n) is 6.05. The van der Waals surface area contributed by atoms with Crippen molar-refractivity contribution in [1.29, 1.82) is 0 Å². The average Bonchev–Trinajstić information content (AvgIpc) is 2.48. The lowest BCUT2D eigenvalue weighted by atomic mass is 10.2. The molecule has 4 nitrogen and oxygen atoms in total. The number of aromatic nitrogens is 1. The molecule has 0 aliphatic heterocycles. The van der Waals surface area contributed by atoms with E-state index in [1.165, 1.54) is 11.4 Å². The molecule has 0 unspecified atom stereocenters. The zero-order chi connectivity index (χ0) is 14.6. The van der Waals surface area contributed by atoms with Gasteiger partial charge in [-0.15, -0.1) is 11.6 Å². The van der Waals surface area contributed by atoms with Crippen molar-refractivity contribution >= 4 is 21.6 Å². The monoisotopic (exact) mass is 310 g/mol. The molecule has 0 spiro atoms. The second kappa shape index (κ2) is 6.35. The minimum atomic E-state index is -3.54. The molecule has 0 bridgehead atoms. The summed E-state index contributed by atoms with van der Waals surface area (Å²) < 4.78 is 26.2. The van der Waals surface area contributed by atoms with Crippen LogP contribution in [0, 0.1) is 0 Å². The van der Waals surface area contributed by atoms with E-state index in [1.54, 1.807) is 42.6 Å². The lowest BCUT2D eigenvalue weighted by Gasteiger charge is -2.17. The first-order chi connectivity index (χ1) is 9.54. The predicted molar refractivity (Wildman–Crippen MR) is 78.9 cm³/mol. The molecule has 106 valence electrons. The Hall–Kier alpha value is -1.43.